The number of hydrogen-bond donors (Lipinski definition) is 0. The van der Waals surface area contributed by atoms with E-state index in [1.165, 1.54) is 12.8 Å². The van der Waals surface area contributed by atoms with Crippen LogP contribution in [0.4, 0.5) is 0 Å². The predicted molar refractivity (Wildman–Crippen MR) is 54.7 cm³/mol. The summed E-state index contributed by atoms with van der Waals surface area (Å²) in [6.07, 6.45) is 13.6. The Hall–Kier alpha value is -1.05. The van der Waals surface area contributed by atoms with Crippen molar-refractivity contribution in [2.45, 2.75) is 38.2 Å². The lowest BCUT2D eigenvalue weighted by molar-refractivity contribution is -0.140. The van der Waals surface area contributed by atoms with Gasteiger partial charge in [-0.05, 0) is 25.3 Å². The minimum absolute atomic E-state index is 0.0326. The fourth-order valence-corrected chi connectivity index (χ4v) is 2.11. The molecule has 0 amide bonds. The molecule has 0 bridgehead atoms. The highest BCUT2D eigenvalue weighted by Crippen LogP contribution is 2.28. The van der Waals surface area contributed by atoms with Crippen LogP contribution in [0.3, 0.4) is 0 Å². The second-order valence-corrected chi connectivity index (χ2v) is 4.02. The van der Waals surface area contributed by atoms with Crippen LogP contribution in [0.2, 0.25) is 0 Å². The predicted octanol–water partition coefficient (Wildman–Crippen LogP) is 2.60. The minimum atomic E-state index is -0.0344. The van der Waals surface area contributed by atoms with E-state index in [-0.39, 0.29) is 12.1 Å². The van der Waals surface area contributed by atoms with E-state index in [1.807, 2.05) is 12.2 Å². The Balaban J connectivity index is 2.06. The summed E-state index contributed by atoms with van der Waals surface area (Å²) in [7, 11) is 0. The number of rotatable bonds is 0. The highest BCUT2D eigenvalue weighted by atomic mass is 16.5. The lowest BCUT2D eigenvalue weighted by Gasteiger charge is -2.13. The van der Waals surface area contributed by atoms with Gasteiger partial charge in [-0.1, -0.05) is 24.6 Å². The van der Waals surface area contributed by atoms with Crippen LogP contribution in [0.5, 0.6) is 0 Å². The lowest BCUT2D eigenvalue weighted by Crippen LogP contribution is -2.13. The zero-order chi connectivity index (χ0) is 9.80. The third-order valence-corrected chi connectivity index (χ3v) is 2.90. The quantitative estimate of drug-likeness (QED) is 0.551. The second kappa shape index (κ2) is 4.45. The van der Waals surface area contributed by atoms with E-state index in [4.69, 9.17) is 4.74 Å². The summed E-state index contributed by atoms with van der Waals surface area (Å²) in [6.45, 7) is 0. The number of carbonyl (C=O) groups excluding carboxylic acids is 1. The molecule has 14 heavy (non-hydrogen) atoms. The highest BCUT2D eigenvalue weighted by Gasteiger charge is 2.32. The maximum atomic E-state index is 11.1. The van der Waals surface area contributed by atoms with Gasteiger partial charge in [0.25, 0.3) is 0 Å². The van der Waals surface area contributed by atoms with Crippen LogP contribution in [0, 0.1) is 5.92 Å². The molecule has 1 aliphatic heterocycles. The second-order valence-electron chi connectivity index (χ2n) is 4.02. The molecule has 1 fully saturated rings. The molecule has 0 saturated carbocycles. The monoisotopic (exact) mass is 192 g/mol. The smallest absolute Gasteiger partial charge is 0.306 e. The fourth-order valence-electron chi connectivity index (χ4n) is 2.11. The maximum absolute atomic E-state index is 11.1. The third-order valence-electron chi connectivity index (χ3n) is 2.90. The van der Waals surface area contributed by atoms with Crippen LogP contribution < -0.4 is 0 Å². The van der Waals surface area contributed by atoms with Crippen molar-refractivity contribution in [3.63, 3.8) is 0 Å². The van der Waals surface area contributed by atoms with Gasteiger partial charge >= 0.3 is 5.97 Å². The molecule has 2 aliphatic rings. The Kier molecular flexibility index (Phi) is 3.02. The van der Waals surface area contributed by atoms with Crippen molar-refractivity contribution in [3.05, 3.63) is 24.3 Å². The van der Waals surface area contributed by atoms with Crippen LogP contribution in [-0.2, 0) is 9.53 Å². The zero-order valence-corrected chi connectivity index (χ0v) is 8.32. The van der Waals surface area contributed by atoms with Gasteiger partial charge in [-0.25, -0.2) is 0 Å². The molecule has 0 aromatic carbocycles. The van der Waals surface area contributed by atoms with E-state index < -0.39 is 0 Å². The van der Waals surface area contributed by atoms with E-state index in [9.17, 15) is 4.79 Å². The molecule has 1 aliphatic carbocycles. The minimum Gasteiger partial charge on any atom is -0.458 e. The molecule has 0 spiro atoms. The average Bonchev–Trinajstić information content (AvgIpc) is 2.52. The summed E-state index contributed by atoms with van der Waals surface area (Å²) in [5.41, 5.74) is 0. The van der Waals surface area contributed by atoms with Crippen LogP contribution in [-0.4, -0.2) is 12.1 Å². The molecule has 2 nitrogen and oxygen atoms in total. The molecule has 2 atom stereocenters. The largest absolute Gasteiger partial charge is 0.458 e. The summed E-state index contributed by atoms with van der Waals surface area (Å²) in [6, 6.07) is 0. The standard InChI is InChI=1S/C12H16O2/c13-12-9-10-7-5-3-1-2-4-6-8-11(10)14-12/h2,4,6,8,10-11H,1,3,5,7,9H2/b4-2+,8-6-. The first-order chi connectivity index (χ1) is 6.86. The Morgan fingerprint density at radius 2 is 2.21 bits per heavy atom. The number of carbonyl (C=O) groups is 1. The van der Waals surface area contributed by atoms with Gasteiger partial charge in [0.15, 0.2) is 0 Å². The molecule has 76 valence electrons. The van der Waals surface area contributed by atoms with Gasteiger partial charge in [-0.15, -0.1) is 0 Å². The van der Waals surface area contributed by atoms with Crippen molar-refractivity contribution in [2.24, 2.45) is 5.92 Å². The molecule has 1 saturated heterocycles. The molecular formula is C12H16O2. The Labute approximate surface area is 84.6 Å². The van der Waals surface area contributed by atoms with Crippen molar-refractivity contribution in [1.29, 1.82) is 0 Å². The molecule has 0 aromatic heterocycles. The summed E-state index contributed by atoms with van der Waals surface area (Å²) < 4.78 is 5.24. The first-order valence-corrected chi connectivity index (χ1v) is 5.39. The van der Waals surface area contributed by atoms with E-state index >= 15 is 0 Å². The lowest BCUT2D eigenvalue weighted by atomic mass is 9.93. The molecule has 1 heterocycles. The third kappa shape index (κ3) is 2.25. The molecule has 2 unspecified atom stereocenters. The van der Waals surface area contributed by atoms with Crippen molar-refractivity contribution in [2.75, 3.05) is 0 Å². The first-order valence-electron chi connectivity index (χ1n) is 5.39. The number of allylic oxidation sites excluding steroid dienone is 3. The van der Waals surface area contributed by atoms with Crippen LogP contribution in [0.25, 0.3) is 0 Å². The molecule has 0 aromatic rings. The van der Waals surface area contributed by atoms with Crippen molar-refractivity contribution >= 4 is 5.97 Å². The summed E-state index contributed by atoms with van der Waals surface area (Å²) in [5, 5.41) is 0. The molecule has 2 heteroatoms. The molecule has 2 rings (SSSR count). The van der Waals surface area contributed by atoms with Gasteiger partial charge in [0, 0.05) is 5.92 Å². The van der Waals surface area contributed by atoms with Crippen LogP contribution >= 0.6 is 0 Å². The average molecular weight is 192 g/mol. The Morgan fingerprint density at radius 1 is 1.29 bits per heavy atom. The van der Waals surface area contributed by atoms with Crippen LogP contribution in [0.15, 0.2) is 24.3 Å². The van der Waals surface area contributed by atoms with E-state index in [0.717, 1.165) is 12.8 Å². The van der Waals surface area contributed by atoms with E-state index in [0.29, 0.717) is 12.3 Å². The maximum Gasteiger partial charge on any atom is 0.306 e. The van der Waals surface area contributed by atoms with E-state index in [2.05, 4.69) is 12.2 Å². The van der Waals surface area contributed by atoms with Crippen molar-refractivity contribution < 1.29 is 9.53 Å². The normalized spacial score (nSPS) is 37.0. The Bertz CT molecular complexity index is 265. The van der Waals surface area contributed by atoms with Crippen molar-refractivity contribution in [3.8, 4) is 0 Å². The number of esters is 1. The fraction of sp³-hybridized carbons (Fsp3) is 0.583. The topological polar surface area (TPSA) is 26.3 Å². The number of fused-ring (bicyclic) bond motifs is 1. The van der Waals surface area contributed by atoms with Crippen molar-refractivity contribution in [1.82, 2.24) is 0 Å². The SMILES string of the molecule is O=C1CC2CCCC/C=C/C=C\C2O1. The van der Waals surface area contributed by atoms with Gasteiger partial charge in [-0.2, -0.15) is 0 Å². The van der Waals surface area contributed by atoms with Gasteiger partial charge < -0.3 is 4.74 Å². The van der Waals surface area contributed by atoms with Gasteiger partial charge in [0.1, 0.15) is 6.10 Å². The molecular weight excluding hydrogens is 176 g/mol. The van der Waals surface area contributed by atoms with Crippen LogP contribution in [0.1, 0.15) is 32.1 Å². The molecule has 0 radical (unpaired) electrons. The number of ether oxygens (including phenoxy) is 1. The number of hydrogen-bond acceptors (Lipinski definition) is 2. The van der Waals surface area contributed by atoms with Gasteiger partial charge in [0.2, 0.25) is 0 Å². The zero-order valence-electron chi connectivity index (χ0n) is 8.32. The van der Waals surface area contributed by atoms with Gasteiger partial charge in [0.05, 0.1) is 6.42 Å². The summed E-state index contributed by atoms with van der Waals surface area (Å²) in [4.78, 5) is 11.1. The molecule has 0 N–H and O–H groups in total. The Morgan fingerprint density at radius 3 is 3.14 bits per heavy atom. The van der Waals surface area contributed by atoms with E-state index in [1.54, 1.807) is 0 Å². The first kappa shape index (κ1) is 9.50. The highest BCUT2D eigenvalue weighted by molar-refractivity contribution is 5.72. The van der Waals surface area contributed by atoms with Gasteiger partial charge in [-0.3, -0.25) is 4.79 Å². The summed E-state index contributed by atoms with van der Waals surface area (Å²) >= 11 is 0. The summed E-state index contributed by atoms with van der Waals surface area (Å²) in [5.74, 6) is 0.387.